The molecule has 1 heterocycles. The van der Waals surface area contributed by atoms with E-state index in [0.29, 0.717) is 22.7 Å². The van der Waals surface area contributed by atoms with Crippen molar-refractivity contribution in [1.82, 2.24) is 4.90 Å². The molecule has 0 saturated heterocycles. The molecule has 0 unspecified atom stereocenters. The van der Waals surface area contributed by atoms with Gasteiger partial charge in [-0.05, 0) is 44.5 Å². The van der Waals surface area contributed by atoms with Gasteiger partial charge in [0, 0.05) is 15.6 Å². The zero-order chi connectivity index (χ0) is 18.2. The van der Waals surface area contributed by atoms with Gasteiger partial charge in [0.1, 0.15) is 16.4 Å². The maximum Gasteiger partial charge on any atom is 0.260 e. The minimum absolute atomic E-state index is 0.106. The summed E-state index contributed by atoms with van der Waals surface area (Å²) in [6.07, 6.45) is 0.685. The van der Waals surface area contributed by atoms with Crippen LogP contribution in [-0.2, 0) is 0 Å². The summed E-state index contributed by atoms with van der Waals surface area (Å²) in [5.41, 5.74) is 2.70. The number of hydrogen-bond acceptors (Lipinski definition) is 3. The summed E-state index contributed by atoms with van der Waals surface area (Å²) in [4.78, 5) is 20.1. The number of benzene rings is 2. The predicted molar refractivity (Wildman–Crippen MR) is 109 cm³/mol. The van der Waals surface area contributed by atoms with E-state index < -0.39 is 5.66 Å². The van der Waals surface area contributed by atoms with E-state index >= 15 is 0 Å². The molecule has 0 radical (unpaired) electrons. The van der Waals surface area contributed by atoms with Crippen LogP contribution in [-0.4, -0.2) is 27.2 Å². The van der Waals surface area contributed by atoms with Gasteiger partial charge in [-0.2, -0.15) is 0 Å². The minimum atomic E-state index is -0.665. The Morgan fingerprint density at radius 2 is 1.76 bits per heavy atom. The second kappa shape index (κ2) is 6.81. The van der Waals surface area contributed by atoms with Gasteiger partial charge < -0.3 is 0 Å². The fourth-order valence-electron chi connectivity index (χ4n) is 2.83. The Kier molecular flexibility index (Phi) is 4.89. The quantitative estimate of drug-likeness (QED) is 0.649. The van der Waals surface area contributed by atoms with Crippen molar-refractivity contribution in [3.05, 3.63) is 69.7 Å². The molecule has 3 nitrogen and oxygen atoms in total. The maximum absolute atomic E-state index is 13.1. The van der Waals surface area contributed by atoms with E-state index in [-0.39, 0.29) is 5.91 Å². The fraction of sp³-hybridized carbons (Fsp3) is 0.250. The molecule has 0 spiro atoms. The molecular weight excluding hydrogens is 396 g/mol. The molecule has 25 heavy (non-hydrogen) atoms. The number of hydrogen-bond donors (Lipinski definition) is 0. The second-order valence-corrected chi connectivity index (χ2v) is 7.65. The Bertz CT molecular complexity index is 858. The highest BCUT2D eigenvalue weighted by Crippen LogP contribution is 2.32. The molecule has 0 aliphatic carbocycles. The summed E-state index contributed by atoms with van der Waals surface area (Å²) in [5.74, 6) is -0.106. The number of carbonyl (C=O) groups is 1. The summed E-state index contributed by atoms with van der Waals surface area (Å²) in [7, 11) is 0. The Morgan fingerprint density at radius 1 is 1.16 bits per heavy atom. The summed E-state index contributed by atoms with van der Waals surface area (Å²) < 4.78 is 0.992. The number of aryl methyl sites for hydroxylation is 1. The molecule has 0 fully saturated rings. The molecule has 1 atom stereocenters. The van der Waals surface area contributed by atoms with E-state index in [2.05, 4.69) is 15.9 Å². The molecule has 1 aliphatic rings. The van der Waals surface area contributed by atoms with Gasteiger partial charge in [-0.3, -0.25) is 14.7 Å². The standard InChI is InChI=1S/C20H19BrN2OS/c1-4-20(3)22-17(14-9-11-16(21)12-10-14)19(25)23(20)18(24)15-7-5-13(2)6-8-15/h5-12H,4H2,1-3H3/t20-/m1/s1. The smallest absolute Gasteiger partial charge is 0.260 e. The van der Waals surface area contributed by atoms with Gasteiger partial charge in [0.05, 0.1) is 0 Å². The molecule has 0 bridgehead atoms. The van der Waals surface area contributed by atoms with Crippen molar-refractivity contribution in [2.45, 2.75) is 32.9 Å². The van der Waals surface area contributed by atoms with Crippen molar-refractivity contribution in [1.29, 1.82) is 0 Å². The van der Waals surface area contributed by atoms with Gasteiger partial charge in [0.25, 0.3) is 5.91 Å². The molecule has 128 valence electrons. The van der Waals surface area contributed by atoms with Crippen LogP contribution in [0.2, 0.25) is 0 Å². The van der Waals surface area contributed by atoms with E-state index in [1.807, 2.05) is 69.3 Å². The van der Waals surface area contributed by atoms with Crippen LogP contribution in [0.3, 0.4) is 0 Å². The Labute approximate surface area is 161 Å². The highest BCUT2D eigenvalue weighted by molar-refractivity contribution is 9.10. The summed E-state index contributed by atoms with van der Waals surface area (Å²) >= 11 is 9.10. The third kappa shape index (κ3) is 3.31. The van der Waals surface area contributed by atoms with Crippen LogP contribution in [0.1, 0.15) is 41.8 Å². The fourth-order valence-corrected chi connectivity index (χ4v) is 3.54. The lowest BCUT2D eigenvalue weighted by atomic mass is 10.1. The van der Waals surface area contributed by atoms with Crippen molar-refractivity contribution in [3.63, 3.8) is 0 Å². The van der Waals surface area contributed by atoms with Crippen LogP contribution in [0.15, 0.2) is 58.0 Å². The molecule has 1 amide bonds. The zero-order valence-corrected chi connectivity index (χ0v) is 16.8. The molecule has 5 heteroatoms. The normalized spacial score (nSPS) is 19.9. The number of thiocarbonyl (C=S) groups is 1. The van der Waals surface area contributed by atoms with Crippen LogP contribution in [0.25, 0.3) is 0 Å². The maximum atomic E-state index is 13.1. The number of nitrogens with zero attached hydrogens (tertiary/aromatic N) is 2. The molecule has 3 rings (SSSR count). The first-order valence-electron chi connectivity index (χ1n) is 8.17. The summed E-state index contributed by atoms with van der Waals surface area (Å²) in [6, 6.07) is 15.4. The first-order valence-corrected chi connectivity index (χ1v) is 9.37. The average molecular weight is 415 g/mol. The van der Waals surface area contributed by atoms with E-state index in [1.54, 1.807) is 4.90 Å². The van der Waals surface area contributed by atoms with E-state index in [1.165, 1.54) is 0 Å². The van der Waals surface area contributed by atoms with Crippen LogP contribution >= 0.6 is 28.1 Å². The van der Waals surface area contributed by atoms with Gasteiger partial charge in [0.2, 0.25) is 0 Å². The summed E-state index contributed by atoms with van der Waals surface area (Å²) in [5, 5.41) is 0. The molecule has 0 saturated carbocycles. The van der Waals surface area contributed by atoms with Gasteiger partial charge in [-0.15, -0.1) is 0 Å². The van der Waals surface area contributed by atoms with Gasteiger partial charge in [-0.1, -0.05) is 64.9 Å². The van der Waals surface area contributed by atoms with Crippen molar-refractivity contribution in [2.24, 2.45) is 4.99 Å². The highest BCUT2D eigenvalue weighted by atomic mass is 79.9. The first-order chi connectivity index (χ1) is 11.9. The second-order valence-electron chi connectivity index (χ2n) is 6.35. The highest BCUT2D eigenvalue weighted by Gasteiger charge is 2.44. The molecule has 1 aliphatic heterocycles. The van der Waals surface area contributed by atoms with Gasteiger partial charge in [0.15, 0.2) is 0 Å². The lowest BCUT2D eigenvalue weighted by molar-refractivity contribution is 0.0734. The predicted octanol–water partition coefficient (Wildman–Crippen LogP) is 5.16. The molecule has 0 N–H and O–H groups in total. The Hall–Kier alpha value is -1.85. The number of aliphatic imine (C=N–C) groups is 1. The number of rotatable bonds is 3. The van der Waals surface area contributed by atoms with Crippen LogP contribution in [0, 0.1) is 6.92 Å². The topological polar surface area (TPSA) is 32.7 Å². The first kappa shape index (κ1) is 18.0. The molecule has 0 aromatic heterocycles. The summed E-state index contributed by atoms with van der Waals surface area (Å²) in [6.45, 7) is 5.98. The number of halogens is 1. The monoisotopic (exact) mass is 414 g/mol. The van der Waals surface area contributed by atoms with E-state index in [9.17, 15) is 4.79 Å². The Balaban J connectivity index is 2.00. The van der Waals surface area contributed by atoms with E-state index in [0.717, 1.165) is 15.6 Å². The van der Waals surface area contributed by atoms with E-state index in [4.69, 9.17) is 17.2 Å². The zero-order valence-electron chi connectivity index (χ0n) is 14.4. The van der Waals surface area contributed by atoms with Crippen molar-refractivity contribution in [2.75, 3.05) is 0 Å². The average Bonchev–Trinajstić information content (AvgIpc) is 2.87. The molecule has 2 aromatic rings. The number of carbonyl (C=O) groups excluding carboxylic acids is 1. The lowest BCUT2D eigenvalue weighted by Crippen LogP contribution is -2.47. The van der Waals surface area contributed by atoms with Crippen molar-refractivity contribution < 1.29 is 4.79 Å². The molecular formula is C20H19BrN2OS. The van der Waals surface area contributed by atoms with Crippen molar-refractivity contribution in [3.8, 4) is 0 Å². The van der Waals surface area contributed by atoms with Crippen molar-refractivity contribution >= 4 is 44.8 Å². The third-order valence-corrected chi connectivity index (χ3v) is 5.43. The number of amides is 1. The largest absolute Gasteiger partial charge is 0.272 e. The van der Waals surface area contributed by atoms with Crippen LogP contribution in [0.5, 0.6) is 0 Å². The Morgan fingerprint density at radius 3 is 2.32 bits per heavy atom. The molecule has 2 aromatic carbocycles. The van der Waals surface area contributed by atoms with Crippen LogP contribution < -0.4 is 0 Å². The van der Waals surface area contributed by atoms with Gasteiger partial charge >= 0.3 is 0 Å². The van der Waals surface area contributed by atoms with Crippen LogP contribution in [0.4, 0.5) is 0 Å². The third-order valence-electron chi connectivity index (χ3n) is 4.53. The SMILES string of the molecule is CC[C@]1(C)N=C(c2ccc(Br)cc2)C(=S)N1C(=O)c1ccc(C)cc1. The minimum Gasteiger partial charge on any atom is -0.272 e. The van der Waals surface area contributed by atoms with Gasteiger partial charge in [-0.25, -0.2) is 0 Å². The lowest BCUT2D eigenvalue weighted by Gasteiger charge is -2.31.